The zero-order valence-corrected chi connectivity index (χ0v) is 17.6. The first-order chi connectivity index (χ1) is 11.2. The summed E-state index contributed by atoms with van der Waals surface area (Å²) in [7, 11) is 0. The summed E-state index contributed by atoms with van der Waals surface area (Å²) >= 11 is 0. The van der Waals surface area contributed by atoms with Gasteiger partial charge in [0.15, 0.2) is 0 Å². The minimum Gasteiger partial charge on any atom is -0.363 e. The second-order valence-electron chi connectivity index (χ2n) is 8.55. The van der Waals surface area contributed by atoms with Gasteiger partial charge in [-0.1, -0.05) is 27.7 Å². The lowest BCUT2D eigenvalue weighted by atomic mass is 10.1. The van der Waals surface area contributed by atoms with E-state index in [2.05, 4.69) is 72.1 Å². The van der Waals surface area contributed by atoms with Crippen molar-refractivity contribution in [3.05, 3.63) is 0 Å². The highest BCUT2D eigenvalue weighted by atomic mass is 16.5. The fourth-order valence-electron chi connectivity index (χ4n) is 3.80. The monoisotopic (exact) mass is 342 g/mol. The maximum Gasteiger partial charge on any atom is 0.113 e. The van der Waals surface area contributed by atoms with E-state index in [-0.39, 0.29) is 0 Å². The van der Waals surface area contributed by atoms with Crippen molar-refractivity contribution in [2.24, 2.45) is 11.8 Å². The molecular weight excluding hydrogens is 300 g/mol. The molecule has 0 bridgehead atoms. The first kappa shape index (κ1) is 21.9. The van der Waals surface area contributed by atoms with Crippen molar-refractivity contribution in [3.8, 4) is 0 Å². The number of rotatable bonds is 4. The number of hydrogen-bond donors (Lipinski definition) is 0. The van der Waals surface area contributed by atoms with Crippen LogP contribution in [0.1, 0.15) is 68.7 Å². The average molecular weight is 343 g/mol. The standard InChI is InChI=1S/2C10H21NO/c1-7(2)10-11(8(3)4)9(5)6-12-10;1-8(2)10-11(9(3)4)6-5-7-12-10/h7-10H,6H2,1-5H3;8-10H,5-7H2,1-4H3/t9-,10?;/m1./s1. The highest BCUT2D eigenvalue weighted by Gasteiger charge is 2.34. The third-order valence-corrected chi connectivity index (χ3v) is 4.89. The second kappa shape index (κ2) is 10.1. The molecule has 0 spiro atoms. The van der Waals surface area contributed by atoms with Crippen LogP contribution in [0.25, 0.3) is 0 Å². The molecule has 4 heteroatoms. The van der Waals surface area contributed by atoms with E-state index in [4.69, 9.17) is 9.47 Å². The fraction of sp³-hybridized carbons (Fsp3) is 1.00. The maximum atomic E-state index is 5.74. The average Bonchev–Trinajstić information content (AvgIpc) is 2.90. The van der Waals surface area contributed by atoms with Crippen LogP contribution in [0.15, 0.2) is 0 Å². The number of hydrogen-bond acceptors (Lipinski definition) is 4. The Kier molecular flexibility index (Phi) is 9.21. The Hall–Kier alpha value is -0.160. The molecule has 2 aliphatic rings. The van der Waals surface area contributed by atoms with Crippen molar-refractivity contribution >= 4 is 0 Å². The van der Waals surface area contributed by atoms with Gasteiger partial charge < -0.3 is 9.47 Å². The molecule has 0 radical (unpaired) electrons. The summed E-state index contributed by atoms with van der Waals surface area (Å²) in [4.78, 5) is 4.92. The zero-order chi connectivity index (χ0) is 18.4. The van der Waals surface area contributed by atoms with E-state index in [0.717, 1.165) is 13.2 Å². The van der Waals surface area contributed by atoms with E-state index in [1.807, 2.05) is 0 Å². The first-order valence-corrected chi connectivity index (χ1v) is 9.93. The van der Waals surface area contributed by atoms with Crippen molar-refractivity contribution in [2.45, 2.75) is 99.3 Å². The molecule has 0 amide bonds. The lowest BCUT2D eigenvalue weighted by molar-refractivity contribution is -0.130. The normalized spacial score (nSPS) is 29.6. The van der Waals surface area contributed by atoms with E-state index >= 15 is 0 Å². The van der Waals surface area contributed by atoms with Crippen LogP contribution < -0.4 is 0 Å². The maximum absolute atomic E-state index is 5.74. The molecule has 2 unspecified atom stereocenters. The van der Waals surface area contributed by atoms with E-state index in [0.29, 0.717) is 42.4 Å². The van der Waals surface area contributed by atoms with Crippen molar-refractivity contribution in [1.82, 2.24) is 9.80 Å². The van der Waals surface area contributed by atoms with Gasteiger partial charge in [0, 0.05) is 31.3 Å². The molecular formula is C20H42N2O2. The van der Waals surface area contributed by atoms with Gasteiger partial charge in [-0.2, -0.15) is 0 Å². The predicted molar refractivity (Wildman–Crippen MR) is 102 cm³/mol. The van der Waals surface area contributed by atoms with E-state index in [9.17, 15) is 0 Å². The topological polar surface area (TPSA) is 24.9 Å². The lowest BCUT2D eigenvalue weighted by Crippen LogP contribution is -2.49. The van der Waals surface area contributed by atoms with Crippen LogP contribution in [0.4, 0.5) is 0 Å². The van der Waals surface area contributed by atoms with Gasteiger partial charge in [-0.05, 0) is 52.9 Å². The molecule has 2 rings (SSSR count). The Morgan fingerprint density at radius 3 is 1.75 bits per heavy atom. The van der Waals surface area contributed by atoms with Crippen molar-refractivity contribution in [2.75, 3.05) is 19.8 Å². The van der Waals surface area contributed by atoms with E-state index in [1.54, 1.807) is 0 Å². The molecule has 0 aromatic heterocycles. The van der Waals surface area contributed by atoms with E-state index in [1.165, 1.54) is 13.0 Å². The highest BCUT2D eigenvalue weighted by Crippen LogP contribution is 2.24. The number of ether oxygens (including phenoxy) is 2. The van der Waals surface area contributed by atoms with Crippen LogP contribution in [0.3, 0.4) is 0 Å². The molecule has 0 aromatic rings. The quantitative estimate of drug-likeness (QED) is 0.764. The van der Waals surface area contributed by atoms with E-state index < -0.39 is 0 Å². The smallest absolute Gasteiger partial charge is 0.113 e. The third-order valence-electron chi connectivity index (χ3n) is 4.89. The van der Waals surface area contributed by atoms with Crippen LogP contribution in [0, 0.1) is 11.8 Å². The van der Waals surface area contributed by atoms with Gasteiger partial charge in [0.2, 0.25) is 0 Å². The second-order valence-corrected chi connectivity index (χ2v) is 8.55. The summed E-state index contributed by atoms with van der Waals surface area (Å²) in [6, 6.07) is 1.78. The van der Waals surface area contributed by atoms with Crippen LogP contribution in [-0.4, -0.2) is 60.1 Å². The molecule has 0 saturated carbocycles. The minimum absolute atomic E-state index is 0.333. The summed E-state index contributed by atoms with van der Waals surface area (Å²) in [5.41, 5.74) is 0. The zero-order valence-electron chi connectivity index (χ0n) is 17.6. The lowest BCUT2D eigenvalue weighted by Gasteiger charge is -2.40. The van der Waals surface area contributed by atoms with Gasteiger partial charge in [0.05, 0.1) is 6.61 Å². The van der Waals surface area contributed by atoms with Crippen LogP contribution >= 0.6 is 0 Å². The Morgan fingerprint density at radius 1 is 0.792 bits per heavy atom. The van der Waals surface area contributed by atoms with Crippen molar-refractivity contribution in [1.29, 1.82) is 0 Å². The Labute approximate surface area is 150 Å². The van der Waals surface area contributed by atoms with Crippen molar-refractivity contribution in [3.63, 3.8) is 0 Å². The summed E-state index contributed by atoms with van der Waals surface area (Å²) in [6.07, 6.45) is 1.86. The predicted octanol–water partition coefficient (Wildman–Crippen LogP) is 4.20. The molecule has 0 aliphatic carbocycles. The molecule has 2 saturated heterocycles. The minimum atomic E-state index is 0.333. The fourth-order valence-corrected chi connectivity index (χ4v) is 3.80. The first-order valence-electron chi connectivity index (χ1n) is 9.93. The van der Waals surface area contributed by atoms with Crippen LogP contribution in [-0.2, 0) is 9.47 Å². The van der Waals surface area contributed by atoms with Gasteiger partial charge in [0.1, 0.15) is 12.5 Å². The summed E-state index contributed by atoms with van der Waals surface area (Å²) < 4.78 is 11.5. The molecule has 3 atom stereocenters. The summed E-state index contributed by atoms with van der Waals surface area (Å²) in [5, 5.41) is 0. The molecule has 144 valence electrons. The third kappa shape index (κ3) is 5.98. The molecule has 2 aliphatic heterocycles. The van der Waals surface area contributed by atoms with Gasteiger partial charge in [-0.25, -0.2) is 0 Å². The number of nitrogens with zero attached hydrogens (tertiary/aromatic N) is 2. The molecule has 2 heterocycles. The van der Waals surface area contributed by atoms with Crippen molar-refractivity contribution < 1.29 is 9.47 Å². The highest BCUT2D eigenvalue weighted by molar-refractivity contribution is 4.81. The summed E-state index contributed by atoms with van der Waals surface area (Å²) in [6.45, 7) is 23.1. The molecule has 2 fully saturated rings. The Bertz CT molecular complexity index is 318. The Morgan fingerprint density at radius 2 is 1.38 bits per heavy atom. The van der Waals surface area contributed by atoms with Gasteiger partial charge >= 0.3 is 0 Å². The van der Waals surface area contributed by atoms with Crippen LogP contribution in [0.5, 0.6) is 0 Å². The van der Waals surface area contributed by atoms with Gasteiger partial charge in [-0.3, -0.25) is 9.80 Å². The molecule has 24 heavy (non-hydrogen) atoms. The Balaban J connectivity index is 0.000000240. The SMILES string of the molecule is CC(C)C1OCCCN1C(C)C.CC(C)C1OC[C@@H](C)N1C(C)C. The van der Waals surface area contributed by atoms with Gasteiger partial charge in [-0.15, -0.1) is 0 Å². The summed E-state index contributed by atoms with van der Waals surface area (Å²) in [5.74, 6) is 1.20. The van der Waals surface area contributed by atoms with Gasteiger partial charge in [0.25, 0.3) is 0 Å². The molecule has 0 aromatic carbocycles. The largest absolute Gasteiger partial charge is 0.363 e. The van der Waals surface area contributed by atoms with Crippen LogP contribution in [0.2, 0.25) is 0 Å². The molecule has 4 nitrogen and oxygen atoms in total. The molecule has 0 N–H and O–H groups in total.